The van der Waals surface area contributed by atoms with Crippen molar-refractivity contribution in [3.63, 3.8) is 0 Å². The average Bonchev–Trinajstić information content (AvgIpc) is 3.16. The lowest BCUT2D eigenvalue weighted by atomic mass is 9.69. The van der Waals surface area contributed by atoms with Gasteiger partial charge in [-0.1, -0.05) is 84.4 Å². The third kappa shape index (κ3) is 2.51. The van der Waals surface area contributed by atoms with Crippen LogP contribution in [0.4, 0.5) is 0 Å². The van der Waals surface area contributed by atoms with Crippen LogP contribution in [-0.4, -0.2) is 9.55 Å². The fourth-order valence-electron chi connectivity index (χ4n) is 5.72. The minimum atomic E-state index is -0.0641. The topological polar surface area (TPSA) is 17.8 Å². The number of fused-ring (bicyclic) bond motifs is 5. The number of nitrogens with zero attached hydrogens (tertiary/aromatic N) is 2. The zero-order valence-electron chi connectivity index (χ0n) is 18.4. The summed E-state index contributed by atoms with van der Waals surface area (Å²) in [4.78, 5) is 5.23. The second-order valence-electron chi connectivity index (χ2n) is 9.41. The van der Waals surface area contributed by atoms with E-state index < -0.39 is 0 Å². The molecule has 1 aliphatic carbocycles. The number of hydrogen-bond acceptors (Lipinski definition) is 1. The van der Waals surface area contributed by atoms with Crippen LogP contribution in [0, 0.1) is 0 Å². The summed E-state index contributed by atoms with van der Waals surface area (Å²) in [6.07, 6.45) is 0. The van der Waals surface area contributed by atoms with E-state index in [-0.39, 0.29) is 5.41 Å². The number of para-hydroxylation sites is 1. The lowest BCUT2D eigenvalue weighted by molar-refractivity contribution is 0.645. The van der Waals surface area contributed by atoms with Crippen LogP contribution in [0.3, 0.4) is 0 Å². The monoisotopic (exact) mass is 488 g/mol. The number of aromatic nitrogens is 2. The highest BCUT2D eigenvalue weighted by Crippen LogP contribution is 2.48. The zero-order chi connectivity index (χ0) is 22.3. The van der Waals surface area contributed by atoms with Crippen LogP contribution in [0.1, 0.15) is 25.0 Å². The Morgan fingerprint density at radius 1 is 0.697 bits per heavy atom. The Morgan fingerprint density at radius 3 is 2.36 bits per heavy atom. The molecule has 0 fully saturated rings. The first-order chi connectivity index (χ1) is 16.0. The molecule has 2 heterocycles. The molecule has 0 amide bonds. The van der Waals surface area contributed by atoms with Gasteiger partial charge in [0, 0.05) is 26.0 Å². The number of benzene rings is 4. The van der Waals surface area contributed by atoms with Gasteiger partial charge in [-0.3, -0.25) is 4.57 Å². The molecule has 0 spiro atoms. The van der Waals surface area contributed by atoms with Gasteiger partial charge in [-0.15, -0.1) is 0 Å². The molecule has 6 aromatic rings. The van der Waals surface area contributed by atoms with Crippen LogP contribution in [0.15, 0.2) is 95.5 Å². The highest BCUT2D eigenvalue weighted by Gasteiger charge is 2.33. The Bertz CT molecular complexity index is 1760. The van der Waals surface area contributed by atoms with Crippen LogP contribution in [0.2, 0.25) is 0 Å². The summed E-state index contributed by atoms with van der Waals surface area (Å²) in [5.41, 5.74) is 8.61. The molecule has 0 unspecified atom stereocenters. The van der Waals surface area contributed by atoms with Gasteiger partial charge in [0.15, 0.2) is 0 Å². The van der Waals surface area contributed by atoms with Crippen molar-refractivity contribution >= 4 is 48.6 Å². The van der Waals surface area contributed by atoms with Crippen LogP contribution in [-0.2, 0) is 5.41 Å². The van der Waals surface area contributed by atoms with Crippen LogP contribution < -0.4 is 0 Å². The van der Waals surface area contributed by atoms with E-state index in [1.165, 1.54) is 49.4 Å². The lowest BCUT2D eigenvalue weighted by Crippen LogP contribution is -2.23. The Kier molecular flexibility index (Phi) is 3.79. The summed E-state index contributed by atoms with van der Waals surface area (Å²) in [6.45, 7) is 4.64. The first-order valence-corrected chi connectivity index (χ1v) is 12.1. The standard InChI is InChI=1S/C30H21BrN2/c1-30(2)23-10-5-3-8-19(23)22-17-28(32-25-12-7-11-24(30)29(22)25)33-26-13-6-4-9-20(26)21-16-18(31)14-15-27(21)33/h3-17H,1-2H3. The number of pyridine rings is 1. The minimum Gasteiger partial charge on any atom is -0.294 e. The maximum Gasteiger partial charge on any atom is 0.138 e. The van der Waals surface area contributed by atoms with Gasteiger partial charge in [-0.2, -0.15) is 0 Å². The van der Waals surface area contributed by atoms with Crippen LogP contribution in [0.5, 0.6) is 0 Å². The molecule has 4 aromatic carbocycles. The molecule has 7 rings (SSSR count). The first-order valence-electron chi connectivity index (χ1n) is 11.3. The van der Waals surface area contributed by atoms with Crippen molar-refractivity contribution < 1.29 is 0 Å². The largest absolute Gasteiger partial charge is 0.294 e. The quantitative estimate of drug-likeness (QED) is 0.227. The molecule has 33 heavy (non-hydrogen) atoms. The second kappa shape index (κ2) is 6.55. The predicted octanol–water partition coefficient (Wildman–Crippen LogP) is 8.40. The van der Waals surface area contributed by atoms with Gasteiger partial charge >= 0.3 is 0 Å². The molecule has 158 valence electrons. The van der Waals surface area contributed by atoms with Crippen LogP contribution >= 0.6 is 15.9 Å². The van der Waals surface area contributed by atoms with Crippen molar-refractivity contribution in [3.05, 3.63) is 107 Å². The van der Waals surface area contributed by atoms with Crippen molar-refractivity contribution in [1.29, 1.82) is 0 Å². The Balaban J connectivity index is 1.65. The Labute approximate surface area is 200 Å². The van der Waals surface area contributed by atoms with E-state index in [0.717, 1.165) is 15.8 Å². The van der Waals surface area contributed by atoms with Crippen molar-refractivity contribution in [2.45, 2.75) is 19.3 Å². The van der Waals surface area contributed by atoms with E-state index in [4.69, 9.17) is 4.98 Å². The van der Waals surface area contributed by atoms with Gasteiger partial charge in [0.05, 0.1) is 16.6 Å². The van der Waals surface area contributed by atoms with Gasteiger partial charge < -0.3 is 0 Å². The van der Waals surface area contributed by atoms with E-state index in [1.54, 1.807) is 0 Å². The summed E-state index contributed by atoms with van der Waals surface area (Å²) < 4.78 is 3.39. The predicted molar refractivity (Wildman–Crippen MR) is 141 cm³/mol. The molecule has 0 radical (unpaired) electrons. The molecule has 0 bridgehead atoms. The van der Waals surface area contributed by atoms with Gasteiger partial charge in [-0.05, 0) is 58.7 Å². The molecule has 0 atom stereocenters. The van der Waals surface area contributed by atoms with E-state index in [2.05, 4.69) is 125 Å². The molecule has 1 aliphatic rings. The first kappa shape index (κ1) is 19.1. The van der Waals surface area contributed by atoms with Crippen molar-refractivity contribution in [1.82, 2.24) is 9.55 Å². The third-order valence-corrected chi connectivity index (χ3v) is 7.74. The van der Waals surface area contributed by atoms with Gasteiger partial charge in [0.1, 0.15) is 5.82 Å². The summed E-state index contributed by atoms with van der Waals surface area (Å²) in [5.74, 6) is 0.956. The van der Waals surface area contributed by atoms with Crippen LogP contribution in [0.25, 0.3) is 49.7 Å². The molecule has 0 N–H and O–H groups in total. The molecule has 0 saturated heterocycles. The van der Waals surface area contributed by atoms with Gasteiger partial charge in [0.2, 0.25) is 0 Å². The second-order valence-corrected chi connectivity index (χ2v) is 10.3. The number of halogens is 1. The highest BCUT2D eigenvalue weighted by atomic mass is 79.9. The molecular formula is C30H21BrN2. The third-order valence-electron chi connectivity index (χ3n) is 7.25. The summed E-state index contributed by atoms with van der Waals surface area (Å²) >= 11 is 3.66. The van der Waals surface area contributed by atoms with Crippen molar-refractivity contribution in [2.75, 3.05) is 0 Å². The average molecular weight is 489 g/mol. The summed E-state index contributed by atoms with van der Waals surface area (Å²) in [7, 11) is 0. The maximum atomic E-state index is 5.23. The zero-order valence-corrected chi connectivity index (χ0v) is 20.0. The Morgan fingerprint density at radius 2 is 1.45 bits per heavy atom. The summed E-state index contributed by atoms with van der Waals surface area (Å²) in [6, 6.07) is 32.8. The highest BCUT2D eigenvalue weighted by molar-refractivity contribution is 9.10. The van der Waals surface area contributed by atoms with E-state index in [1.807, 2.05) is 0 Å². The minimum absolute atomic E-state index is 0.0641. The van der Waals surface area contributed by atoms with Crippen molar-refractivity contribution in [3.8, 4) is 16.9 Å². The van der Waals surface area contributed by atoms with E-state index >= 15 is 0 Å². The fraction of sp³-hybridized carbons (Fsp3) is 0.100. The summed E-state index contributed by atoms with van der Waals surface area (Å²) in [5, 5.41) is 3.74. The Hall–Kier alpha value is -3.43. The smallest absolute Gasteiger partial charge is 0.138 e. The molecule has 3 heteroatoms. The number of hydrogen-bond donors (Lipinski definition) is 0. The maximum absolute atomic E-state index is 5.23. The molecule has 0 aliphatic heterocycles. The lowest BCUT2D eigenvalue weighted by Gasteiger charge is -2.35. The van der Waals surface area contributed by atoms with Crippen molar-refractivity contribution in [2.24, 2.45) is 0 Å². The molecule has 2 nitrogen and oxygen atoms in total. The van der Waals surface area contributed by atoms with Gasteiger partial charge in [-0.25, -0.2) is 4.98 Å². The van der Waals surface area contributed by atoms with E-state index in [0.29, 0.717) is 0 Å². The molecular weight excluding hydrogens is 468 g/mol. The van der Waals surface area contributed by atoms with E-state index in [9.17, 15) is 0 Å². The SMILES string of the molecule is CC1(C)c2ccccc2-c2cc(-n3c4ccccc4c4cc(Br)ccc43)nc3cccc1c23. The normalized spacial score (nSPS) is 14.2. The molecule has 0 saturated carbocycles. The fourth-order valence-corrected chi connectivity index (χ4v) is 6.08. The van der Waals surface area contributed by atoms with Gasteiger partial charge in [0.25, 0.3) is 0 Å². The molecule has 2 aromatic heterocycles. The number of rotatable bonds is 1.